The van der Waals surface area contributed by atoms with Gasteiger partial charge < -0.3 is 19.3 Å². The predicted molar refractivity (Wildman–Crippen MR) is 147 cm³/mol. The van der Waals surface area contributed by atoms with Gasteiger partial charge in [0.2, 0.25) is 0 Å². The lowest BCUT2D eigenvalue weighted by molar-refractivity contribution is -0.144. The van der Waals surface area contributed by atoms with Gasteiger partial charge in [-0.2, -0.15) is 0 Å². The molecule has 0 aromatic carbocycles. The lowest BCUT2D eigenvalue weighted by Crippen LogP contribution is -2.25. The highest BCUT2D eigenvalue weighted by molar-refractivity contribution is 5.88. The Morgan fingerprint density at radius 1 is 1.08 bits per heavy atom. The molecule has 0 aromatic rings. The van der Waals surface area contributed by atoms with Crippen LogP contribution in [0.15, 0.2) is 48.1 Å². The second-order valence-corrected chi connectivity index (χ2v) is 10.7. The number of allylic oxidation sites excluding steroid dienone is 4. The third-order valence-corrected chi connectivity index (χ3v) is 7.44. The SMILES string of the molecule is C=C(C)C(=O)OCC(COC(=O)C(=C)COCCO)CC1C=CC(C2CCC(CCCCC)CC2)=CC1. The summed E-state index contributed by atoms with van der Waals surface area (Å²) < 4.78 is 16.0. The Balaban J connectivity index is 1.84. The van der Waals surface area contributed by atoms with Crippen molar-refractivity contribution in [2.75, 3.05) is 33.0 Å². The topological polar surface area (TPSA) is 82.1 Å². The van der Waals surface area contributed by atoms with E-state index in [4.69, 9.17) is 19.3 Å². The lowest BCUT2D eigenvalue weighted by atomic mass is 9.75. The van der Waals surface area contributed by atoms with E-state index in [1.165, 1.54) is 56.9 Å². The monoisotopic (exact) mass is 516 g/mol. The summed E-state index contributed by atoms with van der Waals surface area (Å²) in [6, 6.07) is 0. The van der Waals surface area contributed by atoms with Crippen molar-refractivity contribution in [1.29, 1.82) is 0 Å². The molecule has 2 atom stereocenters. The van der Waals surface area contributed by atoms with E-state index in [1.54, 1.807) is 6.92 Å². The van der Waals surface area contributed by atoms with Crippen molar-refractivity contribution >= 4 is 11.9 Å². The molecule has 1 saturated carbocycles. The number of rotatable bonds is 17. The van der Waals surface area contributed by atoms with E-state index in [0.29, 0.717) is 17.4 Å². The third kappa shape index (κ3) is 11.8. The Morgan fingerprint density at radius 3 is 2.38 bits per heavy atom. The Morgan fingerprint density at radius 2 is 1.78 bits per heavy atom. The average molecular weight is 517 g/mol. The predicted octanol–water partition coefficient (Wildman–Crippen LogP) is 6.11. The molecule has 37 heavy (non-hydrogen) atoms. The van der Waals surface area contributed by atoms with Crippen LogP contribution in [0.1, 0.15) is 78.1 Å². The number of esters is 2. The molecule has 0 aromatic heterocycles. The van der Waals surface area contributed by atoms with E-state index >= 15 is 0 Å². The van der Waals surface area contributed by atoms with Crippen LogP contribution in [0.3, 0.4) is 0 Å². The van der Waals surface area contributed by atoms with Gasteiger partial charge >= 0.3 is 11.9 Å². The highest BCUT2D eigenvalue weighted by Gasteiger charge is 2.25. The molecule has 6 nitrogen and oxygen atoms in total. The minimum Gasteiger partial charge on any atom is -0.462 e. The van der Waals surface area contributed by atoms with Gasteiger partial charge in [0.15, 0.2) is 0 Å². The van der Waals surface area contributed by atoms with Gasteiger partial charge in [-0.25, -0.2) is 9.59 Å². The Kier molecular flexibility index (Phi) is 14.6. The maximum atomic E-state index is 12.3. The molecule has 1 fully saturated rings. The molecule has 0 saturated heterocycles. The van der Waals surface area contributed by atoms with Gasteiger partial charge in [-0.05, 0) is 68.8 Å². The van der Waals surface area contributed by atoms with Crippen LogP contribution in [0.2, 0.25) is 0 Å². The second-order valence-electron chi connectivity index (χ2n) is 10.7. The highest BCUT2D eigenvalue weighted by Crippen LogP contribution is 2.38. The van der Waals surface area contributed by atoms with Crippen LogP contribution in [-0.2, 0) is 23.8 Å². The highest BCUT2D eigenvalue weighted by atomic mass is 16.5. The number of aliphatic hydroxyl groups excluding tert-OH is 1. The van der Waals surface area contributed by atoms with Gasteiger partial charge in [0.1, 0.15) is 0 Å². The average Bonchev–Trinajstić information content (AvgIpc) is 2.90. The molecule has 0 amide bonds. The summed E-state index contributed by atoms with van der Waals surface area (Å²) in [7, 11) is 0. The number of unbranched alkanes of at least 4 members (excludes halogenated alkanes) is 2. The zero-order valence-electron chi connectivity index (χ0n) is 23.1. The molecule has 1 N–H and O–H groups in total. The maximum absolute atomic E-state index is 12.3. The first-order valence-electron chi connectivity index (χ1n) is 14.1. The molecule has 0 aliphatic heterocycles. The van der Waals surface area contributed by atoms with Crippen molar-refractivity contribution in [2.24, 2.45) is 23.7 Å². The molecule has 208 valence electrons. The van der Waals surface area contributed by atoms with Gasteiger partial charge in [0, 0.05) is 11.5 Å². The molecular formula is C31H48O6. The van der Waals surface area contributed by atoms with Crippen LogP contribution >= 0.6 is 0 Å². The fourth-order valence-corrected chi connectivity index (χ4v) is 5.17. The smallest absolute Gasteiger partial charge is 0.335 e. The Labute approximate surface area is 223 Å². The van der Waals surface area contributed by atoms with Crippen molar-refractivity contribution in [3.63, 3.8) is 0 Å². The van der Waals surface area contributed by atoms with Gasteiger partial charge in [-0.1, -0.05) is 64.0 Å². The summed E-state index contributed by atoms with van der Waals surface area (Å²) in [5, 5.41) is 8.80. The Bertz CT molecular complexity index is 803. The summed E-state index contributed by atoms with van der Waals surface area (Å²) in [4.78, 5) is 24.2. The van der Waals surface area contributed by atoms with Crippen LogP contribution in [-0.4, -0.2) is 50.1 Å². The third-order valence-electron chi connectivity index (χ3n) is 7.44. The summed E-state index contributed by atoms with van der Waals surface area (Å²) in [5.74, 6) is 0.767. The van der Waals surface area contributed by atoms with Crippen molar-refractivity contribution in [1.82, 2.24) is 0 Å². The van der Waals surface area contributed by atoms with Crippen molar-refractivity contribution in [2.45, 2.75) is 78.1 Å². The van der Waals surface area contributed by atoms with E-state index in [2.05, 4.69) is 38.3 Å². The van der Waals surface area contributed by atoms with E-state index in [-0.39, 0.29) is 44.5 Å². The minimum absolute atomic E-state index is 0.00823. The molecule has 2 aliphatic rings. The standard InChI is InChI=1S/C31H48O6/c1-5-6-7-8-25-9-13-28(14-10-25)29-15-11-26(12-16-29)19-27(21-36-30(33)23(2)3)22-37-31(34)24(4)20-35-18-17-32/h11,15-16,25-28,32H,2,4-10,12-14,17-22H2,1,3H3. The normalized spacial score (nSPS) is 22.1. The number of carbonyl (C=O) groups excluding carboxylic acids is 2. The van der Waals surface area contributed by atoms with Crippen molar-refractivity contribution < 1.29 is 28.9 Å². The van der Waals surface area contributed by atoms with Crippen LogP contribution in [0.25, 0.3) is 0 Å². The molecule has 0 radical (unpaired) electrons. The van der Waals surface area contributed by atoms with Gasteiger partial charge in [-0.3, -0.25) is 0 Å². The molecule has 2 rings (SSSR count). The number of hydrogen-bond acceptors (Lipinski definition) is 6. The molecule has 6 heteroatoms. The van der Waals surface area contributed by atoms with E-state index in [9.17, 15) is 9.59 Å². The van der Waals surface area contributed by atoms with Crippen molar-refractivity contribution in [3.05, 3.63) is 48.1 Å². The van der Waals surface area contributed by atoms with E-state index < -0.39 is 11.9 Å². The summed E-state index contributed by atoms with van der Waals surface area (Å²) in [6.45, 7) is 11.5. The maximum Gasteiger partial charge on any atom is 0.335 e. The largest absolute Gasteiger partial charge is 0.462 e. The fraction of sp³-hybridized carbons (Fsp3) is 0.677. The molecule has 0 heterocycles. The minimum atomic E-state index is -0.541. The number of aliphatic hydroxyl groups is 1. The zero-order chi connectivity index (χ0) is 27.0. The molecule has 0 spiro atoms. The molecule has 2 unspecified atom stereocenters. The Hall–Kier alpha value is -2.18. The van der Waals surface area contributed by atoms with E-state index in [0.717, 1.165) is 18.8 Å². The zero-order valence-corrected chi connectivity index (χ0v) is 23.1. The lowest BCUT2D eigenvalue weighted by Gasteiger charge is -2.31. The fourth-order valence-electron chi connectivity index (χ4n) is 5.17. The quantitative estimate of drug-likeness (QED) is 0.143. The second kappa shape index (κ2) is 17.4. The van der Waals surface area contributed by atoms with Crippen LogP contribution in [0, 0.1) is 23.7 Å². The first-order chi connectivity index (χ1) is 17.8. The summed E-state index contributed by atoms with van der Waals surface area (Å²) in [5.41, 5.74) is 2.01. The molecule has 0 bridgehead atoms. The van der Waals surface area contributed by atoms with Crippen molar-refractivity contribution in [3.8, 4) is 0 Å². The van der Waals surface area contributed by atoms with E-state index in [1.807, 2.05) is 0 Å². The first kappa shape index (κ1) is 31.0. The summed E-state index contributed by atoms with van der Waals surface area (Å²) >= 11 is 0. The summed E-state index contributed by atoms with van der Waals surface area (Å²) in [6.07, 6.45) is 19.3. The number of ether oxygens (including phenoxy) is 3. The first-order valence-corrected chi connectivity index (χ1v) is 14.1. The van der Waals surface area contributed by atoms with Gasteiger partial charge in [-0.15, -0.1) is 0 Å². The van der Waals surface area contributed by atoms with Gasteiger partial charge in [0.25, 0.3) is 0 Å². The van der Waals surface area contributed by atoms with Gasteiger partial charge in [0.05, 0.1) is 38.6 Å². The van der Waals surface area contributed by atoms with Crippen LogP contribution < -0.4 is 0 Å². The number of hydrogen-bond donors (Lipinski definition) is 1. The number of carbonyl (C=O) groups is 2. The van der Waals surface area contributed by atoms with Crippen LogP contribution in [0.5, 0.6) is 0 Å². The molecule has 2 aliphatic carbocycles. The molecular weight excluding hydrogens is 468 g/mol. The van der Waals surface area contributed by atoms with Crippen LogP contribution in [0.4, 0.5) is 0 Å².